The van der Waals surface area contributed by atoms with Crippen LogP contribution in [0.15, 0.2) is 68.9 Å². The lowest BCUT2D eigenvalue weighted by Crippen LogP contribution is -2.07. The molecule has 1 heterocycles. The molecule has 3 rings (SSSR count). The van der Waals surface area contributed by atoms with E-state index in [0.29, 0.717) is 0 Å². The fourth-order valence-electron chi connectivity index (χ4n) is 2.09. The SMILES string of the molecule is O=S(=O)(c1ccccc1)c1[c]oc(-c2ccccc2C(F)(F)F)n1. The zero-order valence-corrected chi connectivity index (χ0v) is 12.7. The Morgan fingerprint density at radius 2 is 1.58 bits per heavy atom. The molecular weight excluding hydrogens is 343 g/mol. The Morgan fingerprint density at radius 1 is 0.958 bits per heavy atom. The Kier molecular flexibility index (Phi) is 3.92. The lowest BCUT2D eigenvalue weighted by Gasteiger charge is -2.09. The zero-order chi connectivity index (χ0) is 17.4. The molecule has 0 unspecified atom stereocenters. The van der Waals surface area contributed by atoms with Crippen molar-refractivity contribution in [1.29, 1.82) is 0 Å². The monoisotopic (exact) mass is 352 g/mol. The number of benzene rings is 2. The normalized spacial score (nSPS) is 12.3. The molecule has 0 bridgehead atoms. The fraction of sp³-hybridized carbons (Fsp3) is 0.0625. The van der Waals surface area contributed by atoms with Gasteiger partial charge in [0.2, 0.25) is 27.0 Å². The molecule has 0 atom stereocenters. The minimum absolute atomic E-state index is 0.0507. The van der Waals surface area contributed by atoms with Crippen molar-refractivity contribution in [2.24, 2.45) is 0 Å². The summed E-state index contributed by atoms with van der Waals surface area (Å²) >= 11 is 0. The van der Waals surface area contributed by atoms with Crippen LogP contribution in [0, 0.1) is 6.26 Å². The largest absolute Gasteiger partial charge is 0.431 e. The van der Waals surface area contributed by atoms with Crippen LogP contribution in [0.3, 0.4) is 0 Å². The number of alkyl halides is 3. The molecule has 0 amide bonds. The summed E-state index contributed by atoms with van der Waals surface area (Å²) in [6.45, 7) is 0. The van der Waals surface area contributed by atoms with Gasteiger partial charge in [0.1, 0.15) is 0 Å². The molecule has 4 nitrogen and oxygen atoms in total. The number of aromatic nitrogens is 1. The second-order valence-corrected chi connectivity index (χ2v) is 6.65. The molecule has 0 aliphatic rings. The Bertz CT molecular complexity index is 963. The van der Waals surface area contributed by atoms with Gasteiger partial charge in [0.05, 0.1) is 10.5 Å². The van der Waals surface area contributed by atoms with Crippen LogP contribution < -0.4 is 0 Å². The third-order valence-corrected chi connectivity index (χ3v) is 4.79. The topological polar surface area (TPSA) is 60.2 Å². The molecule has 2 aromatic carbocycles. The summed E-state index contributed by atoms with van der Waals surface area (Å²) in [6.07, 6.45) is -2.54. The summed E-state index contributed by atoms with van der Waals surface area (Å²) in [7, 11) is -4.02. The Labute approximate surface area is 135 Å². The number of halogens is 3. The van der Waals surface area contributed by atoms with E-state index in [1.165, 1.54) is 36.4 Å². The van der Waals surface area contributed by atoms with Gasteiger partial charge in [-0.3, -0.25) is 0 Å². The van der Waals surface area contributed by atoms with Gasteiger partial charge in [-0.2, -0.15) is 18.2 Å². The van der Waals surface area contributed by atoms with E-state index < -0.39 is 32.5 Å². The van der Waals surface area contributed by atoms with Crippen LogP contribution in [-0.2, 0) is 16.0 Å². The van der Waals surface area contributed by atoms with Crippen molar-refractivity contribution in [2.75, 3.05) is 0 Å². The van der Waals surface area contributed by atoms with E-state index in [2.05, 4.69) is 11.2 Å². The summed E-state index contributed by atoms with van der Waals surface area (Å²) in [5.41, 5.74) is -1.32. The molecule has 0 saturated heterocycles. The first-order chi connectivity index (χ1) is 11.3. The first-order valence-corrected chi connectivity index (χ1v) is 8.14. The van der Waals surface area contributed by atoms with E-state index in [1.54, 1.807) is 6.07 Å². The van der Waals surface area contributed by atoms with Gasteiger partial charge in [-0.05, 0) is 24.3 Å². The average Bonchev–Trinajstić information content (AvgIpc) is 3.05. The highest BCUT2D eigenvalue weighted by molar-refractivity contribution is 7.91. The molecule has 0 aliphatic heterocycles. The molecular formula is C16H9F3NO3S. The summed E-state index contributed by atoms with van der Waals surface area (Å²) < 4.78 is 68.8. The highest BCUT2D eigenvalue weighted by Gasteiger charge is 2.35. The van der Waals surface area contributed by atoms with Crippen LogP contribution in [0.25, 0.3) is 11.5 Å². The van der Waals surface area contributed by atoms with E-state index in [0.717, 1.165) is 12.1 Å². The van der Waals surface area contributed by atoms with Gasteiger partial charge < -0.3 is 4.42 Å². The quantitative estimate of drug-likeness (QED) is 0.715. The van der Waals surface area contributed by atoms with Crippen molar-refractivity contribution in [3.8, 4) is 11.5 Å². The minimum Gasteiger partial charge on any atom is -0.431 e. The van der Waals surface area contributed by atoms with E-state index in [-0.39, 0.29) is 10.5 Å². The molecule has 0 saturated carbocycles. The molecule has 1 radical (unpaired) electrons. The highest BCUT2D eigenvalue weighted by Crippen LogP contribution is 2.37. The number of rotatable bonds is 3. The number of oxazole rings is 1. The summed E-state index contributed by atoms with van der Waals surface area (Å²) in [5.74, 6) is -0.461. The Hall–Kier alpha value is -2.61. The lowest BCUT2D eigenvalue weighted by molar-refractivity contribution is -0.137. The van der Waals surface area contributed by atoms with Gasteiger partial charge in [0.15, 0.2) is 0 Å². The van der Waals surface area contributed by atoms with Gasteiger partial charge >= 0.3 is 6.18 Å². The molecule has 8 heteroatoms. The van der Waals surface area contributed by atoms with E-state index in [1.807, 2.05) is 0 Å². The molecule has 123 valence electrons. The van der Waals surface area contributed by atoms with E-state index in [4.69, 9.17) is 4.42 Å². The second-order valence-electron chi connectivity index (χ2n) is 4.79. The van der Waals surface area contributed by atoms with Gasteiger partial charge in [-0.15, -0.1) is 0 Å². The molecule has 24 heavy (non-hydrogen) atoms. The van der Waals surface area contributed by atoms with Crippen molar-refractivity contribution < 1.29 is 26.0 Å². The summed E-state index contributed by atoms with van der Waals surface area (Å²) in [5, 5.41) is -0.569. The van der Waals surface area contributed by atoms with Crippen LogP contribution in [-0.4, -0.2) is 13.4 Å². The first-order valence-electron chi connectivity index (χ1n) is 6.65. The van der Waals surface area contributed by atoms with Crippen molar-refractivity contribution in [1.82, 2.24) is 4.98 Å². The predicted molar refractivity (Wildman–Crippen MR) is 77.7 cm³/mol. The van der Waals surface area contributed by atoms with Crippen LogP contribution in [0.1, 0.15) is 5.56 Å². The molecule has 0 spiro atoms. The van der Waals surface area contributed by atoms with Crippen LogP contribution in [0.4, 0.5) is 13.2 Å². The fourth-order valence-corrected chi connectivity index (χ4v) is 3.18. The Balaban J connectivity index is 2.08. The molecule has 1 aromatic heterocycles. The summed E-state index contributed by atoms with van der Waals surface area (Å²) in [6, 6.07) is 12.0. The number of hydrogen-bond donors (Lipinski definition) is 0. The molecule has 0 aliphatic carbocycles. The molecule has 0 fully saturated rings. The van der Waals surface area contributed by atoms with E-state index in [9.17, 15) is 21.6 Å². The third kappa shape index (κ3) is 2.92. The predicted octanol–water partition coefficient (Wildman–Crippen LogP) is 3.99. The Morgan fingerprint density at radius 3 is 2.25 bits per heavy atom. The standard InChI is InChI=1S/C16H9F3NO3S/c17-16(18,19)13-9-5-4-8-12(13)15-20-14(10-23-15)24(21,22)11-6-2-1-3-7-11/h1-9H. The number of hydrogen-bond acceptors (Lipinski definition) is 4. The maximum absolute atomic E-state index is 13.0. The van der Waals surface area contributed by atoms with Crippen molar-refractivity contribution in [3.05, 3.63) is 66.4 Å². The van der Waals surface area contributed by atoms with Crippen LogP contribution >= 0.6 is 0 Å². The van der Waals surface area contributed by atoms with Gasteiger partial charge in [0, 0.05) is 5.56 Å². The first kappa shape index (κ1) is 16.3. The van der Waals surface area contributed by atoms with Gasteiger partial charge in [-0.1, -0.05) is 30.3 Å². The van der Waals surface area contributed by atoms with Gasteiger partial charge in [-0.25, -0.2) is 8.42 Å². The second kappa shape index (κ2) is 5.79. The zero-order valence-electron chi connectivity index (χ0n) is 11.9. The van der Waals surface area contributed by atoms with Crippen LogP contribution in [0.5, 0.6) is 0 Å². The number of sulfone groups is 1. The number of nitrogens with zero attached hydrogens (tertiary/aromatic N) is 1. The van der Waals surface area contributed by atoms with Gasteiger partial charge in [0.25, 0.3) is 0 Å². The maximum atomic E-state index is 13.0. The average molecular weight is 352 g/mol. The van der Waals surface area contributed by atoms with Crippen LogP contribution in [0.2, 0.25) is 0 Å². The molecule has 3 aromatic rings. The maximum Gasteiger partial charge on any atom is 0.417 e. The summed E-state index contributed by atoms with van der Waals surface area (Å²) in [4.78, 5) is 3.64. The lowest BCUT2D eigenvalue weighted by atomic mass is 10.1. The van der Waals surface area contributed by atoms with Crippen molar-refractivity contribution >= 4 is 9.84 Å². The smallest absolute Gasteiger partial charge is 0.417 e. The molecule has 0 N–H and O–H groups in total. The van der Waals surface area contributed by atoms with E-state index >= 15 is 0 Å². The highest BCUT2D eigenvalue weighted by atomic mass is 32.2. The minimum atomic E-state index is -4.62. The van der Waals surface area contributed by atoms with Crippen molar-refractivity contribution in [2.45, 2.75) is 16.1 Å². The third-order valence-electron chi connectivity index (χ3n) is 3.21. The van der Waals surface area contributed by atoms with Crippen molar-refractivity contribution in [3.63, 3.8) is 0 Å².